The highest BCUT2D eigenvalue weighted by Crippen LogP contribution is 2.30. The van der Waals surface area contributed by atoms with Crippen LogP contribution in [0, 0.1) is 11.7 Å². The van der Waals surface area contributed by atoms with E-state index in [4.69, 9.17) is 0 Å². The number of aromatic amines is 1. The largest absolute Gasteiger partial charge is 0.361 e. The van der Waals surface area contributed by atoms with Crippen molar-refractivity contribution in [3.63, 3.8) is 0 Å². The fourth-order valence-electron chi connectivity index (χ4n) is 3.13. The van der Waals surface area contributed by atoms with Crippen LogP contribution in [0.3, 0.4) is 0 Å². The van der Waals surface area contributed by atoms with Gasteiger partial charge < -0.3 is 10.3 Å². The molecular weight excluding hydrogens is 251 g/mol. The van der Waals surface area contributed by atoms with Crippen LogP contribution in [0.4, 0.5) is 4.39 Å². The predicted molar refractivity (Wildman–Crippen MR) is 81.4 cm³/mol. The monoisotopic (exact) mass is 274 g/mol. The first-order valence-electron chi connectivity index (χ1n) is 7.71. The molecule has 20 heavy (non-hydrogen) atoms. The van der Waals surface area contributed by atoms with Gasteiger partial charge in [-0.15, -0.1) is 0 Å². The third-order valence-corrected chi connectivity index (χ3v) is 4.53. The number of fused-ring (bicyclic) bond motifs is 1. The van der Waals surface area contributed by atoms with Crippen LogP contribution in [0.25, 0.3) is 10.9 Å². The fraction of sp³-hybridized carbons (Fsp3) is 0.529. The number of benzene rings is 1. The average molecular weight is 274 g/mol. The third-order valence-electron chi connectivity index (χ3n) is 4.53. The first-order valence-corrected chi connectivity index (χ1v) is 7.71. The van der Waals surface area contributed by atoms with Crippen molar-refractivity contribution in [2.75, 3.05) is 6.54 Å². The maximum Gasteiger partial charge on any atom is 0.125 e. The summed E-state index contributed by atoms with van der Waals surface area (Å²) in [5.41, 5.74) is 2.16. The molecule has 1 heterocycles. The number of halogens is 1. The van der Waals surface area contributed by atoms with E-state index in [1.54, 1.807) is 6.07 Å². The average Bonchev–Trinajstić information content (AvgIpc) is 2.76. The Labute approximate surface area is 119 Å². The van der Waals surface area contributed by atoms with Gasteiger partial charge in [0.25, 0.3) is 0 Å². The Morgan fingerprint density at radius 3 is 3.00 bits per heavy atom. The van der Waals surface area contributed by atoms with E-state index >= 15 is 0 Å². The Hall–Kier alpha value is -1.35. The lowest BCUT2D eigenvalue weighted by Gasteiger charge is -2.28. The van der Waals surface area contributed by atoms with E-state index < -0.39 is 0 Å². The van der Waals surface area contributed by atoms with Crippen molar-refractivity contribution >= 4 is 10.9 Å². The van der Waals surface area contributed by atoms with Gasteiger partial charge >= 0.3 is 0 Å². The van der Waals surface area contributed by atoms with E-state index in [9.17, 15) is 4.39 Å². The maximum absolute atomic E-state index is 13.1. The van der Waals surface area contributed by atoms with Crippen molar-refractivity contribution < 1.29 is 4.39 Å². The Morgan fingerprint density at radius 1 is 1.40 bits per heavy atom. The molecule has 0 radical (unpaired) electrons. The number of nitrogens with one attached hydrogen (secondary N) is 2. The molecule has 1 aliphatic carbocycles. The molecule has 0 aliphatic heterocycles. The molecule has 108 valence electrons. The van der Waals surface area contributed by atoms with Gasteiger partial charge in [-0.2, -0.15) is 0 Å². The van der Waals surface area contributed by atoms with Gasteiger partial charge in [0.05, 0.1) is 0 Å². The zero-order chi connectivity index (χ0) is 13.9. The Kier molecular flexibility index (Phi) is 4.06. The fourth-order valence-corrected chi connectivity index (χ4v) is 3.13. The molecule has 2 nitrogen and oxygen atoms in total. The number of hydrogen-bond acceptors (Lipinski definition) is 1. The summed E-state index contributed by atoms with van der Waals surface area (Å²) >= 11 is 0. The number of rotatable bonds is 6. The van der Waals surface area contributed by atoms with Crippen molar-refractivity contribution in [1.82, 2.24) is 10.3 Å². The lowest BCUT2D eigenvalue weighted by atomic mass is 9.81. The molecule has 1 aromatic carbocycles. The summed E-state index contributed by atoms with van der Waals surface area (Å²) < 4.78 is 13.1. The van der Waals surface area contributed by atoms with E-state index in [0.717, 1.165) is 29.8 Å². The number of H-pyrrole nitrogens is 1. The molecule has 0 unspecified atom stereocenters. The lowest BCUT2D eigenvalue weighted by molar-refractivity contribution is 0.266. The minimum absolute atomic E-state index is 0.182. The van der Waals surface area contributed by atoms with Crippen LogP contribution in [-0.4, -0.2) is 17.6 Å². The summed E-state index contributed by atoms with van der Waals surface area (Å²) in [5, 5.41) is 4.75. The molecular formula is C17H23FN2. The van der Waals surface area contributed by atoms with E-state index in [2.05, 4.69) is 17.2 Å². The molecule has 3 rings (SSSR count). The van der Waals surface area contributed by atoms with Crippen LogP contribution in [-0.2, 0) is 6.42 Å². The molecule has 1 atom stereocenters. The first kappa shape index (κ1) is 13.6. The molecule has 2 aromatic rings. The Bertz CT molecular complexity index is 571. The smallest absolute Gasteiger partial charge is 0.125 e. The second-order valence-electron chi connectivity index (χ2n) is 6.14. The SMILES string of the molecule is C[C@@H](CC1CCC1)NCCc1c[nH]c2cc(F)ccc12. The third kappa shape index (κ3) is 3.04. The molecule has 0 saturated heterocycles. The van der Waals surface area contributed by atoms with Crippen LogP contribution in [0.15, 0.2) is 24.4 Å². The van der Waals surface area contributed by atoms with Crippen molar-refractivity contribution in [1.29, 1.82) is 0 Å². The highest BCUT2D eigenvalue weighted by molar-refractivity contribution is 5.83. The molecule has 0 spiro atoms. The lowest BCUT2D eigenvalue weighted by Crippen LogP contribution is -2.31. The van der Waals surface area contributed by atoms with Gasteiger partial charge in [-0.1, -0.05) is 19.3 Å². The summed E-state index contributed by atoms with van der Waals surface area (Å²) in [5.74, 6) is 0.770. The van der Waals surface area contributed by atoms with Crippen LogP contribution >= 0.6 is 0 Å². The summed E-state index contributed by atoms with van der Waals surface area (Å²) in [4.78, 5) is 3.15. The molecule has 1 saturated carbocycles. The second kappa shape index (κ2) is 5.96. The Morgan fingerprint density at radius 2 is 2.25 bits per heavy atom. The van der Waals surface area contributed by atoms with Crippen molar-refractivity contribution in [3.05, 3.63) is 35.8 Å². The Balaban J connectivity index is 1.51. The van der Waals surface area contributed by atoms with E-state index in [0.29, 0.717) is 6.04 Å². The normalized spacial score (nSPS) is 17.3. The van der Waals surface area contributed by atoms with Gasteiger partial charge in [0.1, 0.15) is 5.82 Å². The summed E-state index contributed by atoms with van der Waals surface area (Å²) in [6, 6.07) is 5.56. The van der Waals surface area contributed by atoms with Crippen LogP contribution < -0.4 is 5.32 Å². The topological polar surface area (TPSA) is 27.8 Å². The molecule has 0 amide bonds. The van der Waals surface area contributed by atoms with Crippen molar-refractivity contribution in [2.24, 2.45) is 5.92 Å². The van der Waals surface area contributed by atoms with Crippen LogP contribution in [0.5, 0.6) is 0 Å². The van der Waals surface area contributed by atoms with Crippen LogP contribution in [0.1, 0.15) is 38.2 Å². The standard InChI is InChI=1S/C17H23FN2/c1-12(9-13-3-2-4-13)19-8-7-14-11-20-17-10-15(18)5-6-16(14)17/h5-6,10-13,19-20H,2-4,7-9H2,1H3/t12-/m0/s1. The van der Waals surface area contributed by atoms with Gasteiger partial charge in [0, 0.05) is 23.1 Å². The van der Waals surface area contributed by atoms with Gasteiger partial charge in [0.2, 0.25) is 0 Å². The number of hydrogen-bond donors (Lipinski definition) is 2. The molecule has 3 heteroatoms. The molecule has 1 aliphatic rings. The van der Waals surface area contributed by atoms with Gasteiger partial charge in [-0.3, -0.25) is 0 Å². The highest BCUT2D eigenvalue weighted by atomic mass is 19.1. The quantitative estimate of drug-likeness (QED) is 0.818. The molecule has 1 fully saturated rings. The highest BCUT2D eigenvalue weighted by Gasteiger charge is 2.19. The van der Waals surface area contributed by atoms with E-state index in [1.807, 2.05) is 12.3 Å². The van der Waals surface area contributed by atoms with Crippen molar-refractivity contribution in [3.8, 4) is 0 Å². The molecule has 1 aromatic heterocycles. The predicted octanol–water partition coefficient (Wildman–Crippen LogP) is 4.02. The zero-order valence-electron chi connectivity index (χ0n) is 12.1. The zero-order valence-corrected chi connectivity index (χ0v) is 12.1. The second-order valence-corrected chi connectivity index (χ2v) is 6.14. The van der Waals surface area contributed by atoms with Gasteiger partial charge in [0.15, 0.2) is 0 Å². The van der Waals surface area contributed by atoms with Crippen LogP contribution in [0.2, 0.25) is 0 Å². The minimum Gasteiger partial charge on any atom is -0.361 e. The van der Waals surface area contributed by atoms with Gasteiger partial charge in [-0.25, -0.2) is 4.39 Å². The van der Waals surface area contributed by atoms with Gasteiger partial charge in [-0.05, 0) is 56.0 Å². The van der Waals surface area contributed by atoms with Crippen molar-refractivity contribution in [2.45, 2.75) is 45.1 Å². The molecule has 2 N–H and O–H groups in total. The summed E-state index contributed by atoms with van der Waals surface area (Å²) in [6.07, 6.45) is 8.55. The number of aromatic nitrogens is 1. The minimum atomic E-state index is -0.182. The first-order chi connectivity index (χ1) is 9.72. The summed E-state index contributed by atoms with van der Waals surface area (Å²) in [7, 11) is 0. The van der Waals surface area contributed by atoms with E-state index in [-0.39, 0.29) is 5.82 Å². The molecule has 0 bridgehead atoms. The maximum atomic E-state index is 13.1. The van der Waals surface area contributed by atoms with E-state index in [1.165, 1.54) is 37.3 Å². The summed E-state index contributed by atoms with van der Waals surface area (Å²) in [6.45, 7) is 3.27.